The Morgan fingerprint density at radius 1 is 1.20 bits per heavy atom. The Morgan fingerprint density at radius 2 is 1.95 bits per heavy atom. The highest BCUT2D eigenvalue weighted by Gasteiger charge is 2.16. The summed E-state index contributed by atoms with van der Waals surface area (Å²) in [7, 11) is 1.86. The van der Waals surface area contributed by atoms with Gasteiger partial charge in [0.2, 0.25) is 0 Å². The van der Waals surface area contributed by atoms with Gasteiger partial charge in [-0.1, -0.05) is 30.3 Å². The van der Waals surface area contributed by atoms with Crippen LogP contribution in [0, 0.1) is 0 Å². The average Bonchev–Trinajstić information content (AvgIpc) is 2.76. The molecule has 0 aliphatic heterocycles. The molecule has 2 heterocycles. The lowest BCUT2D eigenvalue weighted by Gasteiger charge is -2.04. The third-order valence-electron chi connectivity index (χ3n) is 3.02. The van der Waals surface area contributed by atoms with E-state index in [1.54, 1.807) is 6.20 Å². The first kappa shape index (κ1) is 12.3. The molecule has 0 aliphatic rings. The molecule has 5 nitrogen and oxygen atoms in total. The SMILES string of the molecule is CC(=O)Oc1cn(C)c2ncnc(-c3ccccc3)c12. The monoisotopic (exact) mass is 267 g/mol. The molecular weight excluding hydrogens is 254 g/mol. The number of rotatable bonds is 2. The summed E-state index contributed by atoms with van der Waals surface area (Å²) in [6, 6.07) is 9.76. The lowest BCUT2D eigenvalue weighted by Crippen LogP contribution is -2.01. The van der Waals surface area contributed by atoms with Crippen LogP contribution in [0.2, 0.25) is 0 Å². The fraction of sp³-hybridized carbons (Fsp3) is 0.133. The molecule has 0 bridgehead atoms. The van der Waals surface area contributed by atoms with Gasteiger partial charge in [0.1, 0.15) is 12.0 Å². The van der Waals surface area contributed by atoms with Crippen LogP contribution < -0.4 is 4.74 Å². The molecule has 3 rings (SSSR count). The van der Waals surface area contributed by atoms with Gasteiger partial charge in [-0.15, -0.1) is 0 Å². The molecule has 100 valence electrons. The van der Waals surface area contributed by atoms with Crippen LogP contribution in [0.3, 0.4) is 0 Å². The van der Waals surface area contributed by atoms with Gasteiger partial charge in [-0.25, -0.2) is 9.97 Å². The van der Waals surface area contributed by atoms with E-state index in [1.165, 1.54) is 13.3 Å². The molecule has 0 saturated heterocycles. The van der Waals surface area contributed by atoms with Gasteiger partial charge in [0.05, 0.1) is 11.1 Å². The molecule has 0 saturated carbocycles. The molecule has 0 amide bonds. The van der Waals surface area contributed by atoms with Gasteiger partial charge in [0.15, 0.2) is 5.75 Å². The molecule has 1 aromatic carbocycles. The van der Waals surface area contributed by atoms with Gasteiger partial charge < -0.3 is 9.30 Å². The Kier molecular flexibility index (Phi) is 2.95. The van der Waals surface area contributed by atoms with Gasteiger partial charge in [0, 0.05) is 25.7 Å². The highest BCUT2D eigenvalue weighted by Crippen LogP contribution is 2.33. The molecular formula is C15H13N3O2. The quantitative estimate of drug-likeness (QED) is 0.669. The van der Waals surface area contributed by atoms with Crippen molar-refractivity contribution in [1.82, 2.24) is 14.5 Å². The summed E-state index contributed by atoms with van der Waals surface area (Å²) in [4.78, 5) is 19.8. The van der Waals surface area contributed by atoms with E-state index >= 15 is 0 Å². The summed E-state index contributed by atoms with van der Waals surface area (Å²) in [5.41, 5.74) is 2.45. The van der Waals surface area contributed by atoms with Gasteiger partial charge in [-0.2, -0.15) is 0 Å². The van der Waals surface area contributed by atoms with E-state index in [0.717, 1.165) is 22.3 Å². The van der Waals surface area contributed by atoms with E-state index in [1.807, 2.05) is 41.9 Å². The summed E-state index contributed by atoms with van der Waals surface area (Å²) < 4.78 is 7.09. The van der Waals surface area contributed by atoms with E-state index in [9.17, 15) is 4.79 Å². The number of hydrogen-bond acceptors (Lipinski definition) is 4. The van der Waals surface area contributed by atoms with E-state index in [-0.39, 0.29) is 5.97 Å². The zero-order valence-corrected chi connectivity index (χ0v) is 11.2. The summed E-state index contributed by atoms with van der Waals surface area (Å²) in [5, 5.41) is 0.747. The zero-order chi connectivity index (χ0) is 14.1. The van der Waals surface area contributed by atoms with Gasteiger partial charge >= 0.3 is 5.97 Å². The van der Waals surface area contributed by atoms with Crippen molar-refractivity contribution in [3.05, 3.63) is 42.9 Å². The number of carbonyl (C=O) groups is 1. The minimum Gasteiger partial charge on any atom is -0.424 e. The van der Waals surface area contributed by atoms with Crippen molar-refractivity contribution in [3.63, 3.8) is 0 Å². The number of ether oxygens (including phenoxy) is 1. The Balaban J connectivity index is 2.30. The standard InChI is InChI=1S/C15H13N3O2/c1-10(19)20-12-8-18(2)15-13(12)14(16-9-17-15)11-6-4-3-5-7-11/h3-9H,1-2H3. The van der Waals surface area contributed by atoms with Crippen LogP contribution in [0.5, 0.6) is 5.75 Å². The lowest BCUT2D eigenvalue weighted by molar-refractivity contribution is -0.131. The Labute approximate surface area is 115 Å². The second kappa shape index (κ2) is 4.77. The highest BCUT2D eigenvalue weighted by atomic mass is 16.5. The summed E-state index contributed by atoms with van der Waals surface area (Å²) in [5.74, 6) is 0.120. The van der Waals surface area contributed by atoms with Gasteiger partial charge in [-0.3, -0.25) is 4.79 Å². The lowest BCUT2D eigenvalue weighted by atomic mass is 10.1. The van der Waals surface area contributed by atoms with E-state index < -0.39 is 0 Å². The Morgan fingerprint density at radius 3 is 2.65 bits per heavy atom. The van der Waals surface area contributed by atoms with E-state index in [2.05, 4.69) is 9.97 Å². The number of aryl methyl sites for hydroxylation is 1. The second-order valence-corrected chi connectivity index (χ2v) is 4.48. The normalized spacial score (nSPS) is 10.7. The van der Waals surface area contributed by atoms with Crippen LogP contribution in [0.25, 0.3) is 22.3 Å². The van der Waals surface area contributed by atoms with Crippen molar-refractivity contribution >= 4 is 17.0 Å². The number of aromatic nitrogens is 3. The Bertz CT molecular complexity index is 778. The van der Waals surface area contributed by atoms with E-state index in [0.29, 0.717) is 5.75 Å². The molecule has 3 aromatic rings. The average molecular weight is 267 g/mol. The zero-order valence-electron chi connectivity index (χ0n) is 11.2. The van der Waals surface area contributed by atoms with Crippen molar-refractivity contribution in [2.75, 3.05) is 0 Å². The molecule has 0 atom stereocenters. The minimum atomic E-state index is -0.361. The fourth-order valence-electron chi connectivity index (χ4n) is 2.22. The van der Waals surface area contributed by atoms with Crippen molar-refractivity contribution in [2.45, 2.75) is 6.92 Å². The molecule has 0 unspecified atom stereocenters. The maximum atomic E-state index is 11.2. The second-order valence-electron chi connectivity index (χ2n) is 4.48. The topological polar surface area (TPSA) is 57.0 Å². The maximum absolute atomic E-state index is 11.2. The van der Waals surface area contributed by atoms with Crippen LogP contribution in [0.15, 0.2) is 42.9 Å². The molecule has 2 aromatic heterocycles. The first-order chi connectivity index (χ1) is 9.66. The molecule has 0 radical (unpaired) electrons. The summed E-state index contributed by atoms with van der Waals surface area (Å²) in [6.45, 7) is 1.38. The van der Waals surface area contributed by atoms with Crippen LogP contribution in [-0.4, -0.2) is 20.5 Å². The molecule has 0 fully saturated rings. The predicted octanol–water partition coefficient (Wildman–Crippen LogP) is 2.56. The number of hydrogen-bond donors (Lipinski definition) is 0. The van der Waals surface area contributed by atoms with E-state index in [4.69, 9.17) is 4.74 Å². The molecule has 5 heteroatoms. The number of esters is 1. The van der Waals surface area contributed by atoms with Crippen LogP contribution in [-0.2, 0) is 11.8 Å². The Hall–Kier alpha value is -2.69. The number of carbonyl (C=O) groups excluding carboxylic acids is 1. The van der Waals surface area contributed by atoms with Crippen LogP contribution >= 0.6 is 0 Å². The van der Waals surface area contributed by atoms with Gasteiger partial charge in [-0.05, 0) is 0 Å². The van der Waals surface area contributed by atoms with Crippen LogP contribution in [0.1, 0.15) is 6.92 Å². The van der Waals surface area contributed by atoms with Crippen molar-refractivity contribution in [1.29, 1.82) is 0 Å². The number of nitrogens with zero attached hydrogens (tertiary/aromatic N) is 3. The summed E-state index contributed by atoms with van der Waals surface area (Å²) >= 11 is 0. The van der Waals surface area contributed by atoms with Gasteiger partial charge in [0.25, 0.3) is 0 Å². The highest BCUT2D eigenvalue weighted by molar-refractivity contribution is 5.97. The first-order valence-corrected chi connectivity index (χ1v) is 6.20. The number of fused-ring (bicyclic) bond motifs is 1. The predicted molar refractivity (Wildman–Crippen MR) is 75.3 cm³/mol. The maximum Gasteiger partial charge on any atom is 0.308 e. The summed E-state index contributed by atoms with van der Waals surface area (Å²) in [6.07, 6.45) is 3.26. The molecule has 0 aliphatic carbocycles. The number of benzene rings is 1. The molecule has 0 N–H and O–H groups in total. The largest absolute Gasteiger partial charge is 0.424 e. The fourth-order valence-corrected chi connectivity index (χ4v) is 2.22. The molecule has 20 heavy (non-hydrogen) atoms. The third-order valence-corrected chi connectivity index (χ3v) is 3.02. The van der Waals surface area contributed by atoms with Crippen molar-refractivity contribution < 1.29 is 9.53 Å². The smallest absolute Gasteiger partial charge is 0.308 e. The van der Waals surface area contributed by atoms with Crippen molar-refractivity contribution in [3.8, 4) is 17.0 Å². The van der Waals surface area contributed by atoms with Crippen molar-refractivity contribution in [2.24, 2.45) is 7.05 Å². The third kappa shape index (κ3) is 2.03. The molecule has 0 spiro atoms. The first-order valence-electron chi connectivity index (χ1n) is 6.20. The van der Waals surface area contributed by atoms with Crippen LogP contribution in [0.4, 0.5) is 0 Å². The minimum absolute atomic E-state index is 0.361.